The molecule has 1 amide bonds. The monoisotopic (exact) mass is 456 g/mol. The van der Waals surface area contributed by atoms with Crippen LogP contribution in [0.25, 0.3) is 0 Å². The largest absolute Gasteiger partial charge is 0.497 e. The lowest BCUT2D eigenvalue weighted by Crippen LogP contribution is -2.30. The Morgan fingerprint density at radius 2 is 1.91 bits per heavy atom. The minimum absolute atomic E-state index is 0.0339. The lowest BCUT2D eigenvalue weighted by atomic mass is 10.0. The van der Waals surface area contributed by atoms with E-state index in [0.717, 1.165) is 18.4 Å². The van der Waals surface area contributed by atoms with Gasteiger partial charge in [-0.1, -0.05) is 0 Å². The molecule has 1 saturated heterocycles. The van der Waals surface area contributed by atoms with Gasteiger partial charge >= 0.3 is 0 Å². The zero-order valence-corrected chi connectivity index (χ0v) is 19.1. The number of methoxy groups -OCH3 is 2. The number of thiazole rings is 1. The summed E-state index contributed by atoms with van der Waals surface area (Å²) >= 11 is 1.34. The second-order valence-electron chi connectivity index (χ2n) is 7.53. The van der Waals surface area contributed by atoms with Gasteiger partial charge in [-0.15, -0.1) is 11.3 Å². The van der Waals surface area contributed by atoms with Crippen LogP contribution in [0.5, 0.6) is 17.2 Å². The summed E-state index contributed by atoms with van der Waals surface area (Å²) in [6.45, 7) is 2.74. The summed E-state index contributed by atoms with van der Waals surface area (Å²) < 4.78 is 29.6. The van der Waals surface area contributed by atoms with Crippen molar-refractivity contribution in [3.63, 3.8) is 0 Å². The predicted molar refractivity (Wildman–Crippen MR) is 120 cm³/mol. The highest BCUT2D eigenvalue weighted by atomic mass is 32.1. The summed E-state index contributed by atoms with van der Waals surface area (Å²) in [5, 5.41) is 0.702. The van der Waals surface area contributed by atoms with Gasteiger partial charge in [-0.3, -0.25) is 4.79 Å². The number of likely N-dealkylation sites (tertiary alicyclic amines) is 1. The molecule has 1 atom stereocenters. The molecule has 6 nitrogen and oxygen atoms in total. The fraction of sp³-hybridized carbons (Fsp3) is 0.333. The van der Waals surface area contributed by atoms with Crippen LogP contribution in [0, 0.1) is 12.7 Å². The van der Waals surface area contributed by atoms with Crippen molar-refractivity contribution in [2.75, 3.05) is 20.8 Å². The van der Waals surface area contributed by atoms with Gasteiger partial charge in [-0.25, -0.2) is 9.37 Å². The standard InChI is InChI=1S/C24H25FN2O4S/c1-15-23(32-22(26-15)14-31-17-8-6-16(25)7-9-17)24(28)27-12-4-5-20(27)19-11-10-18(29-2)13-21(19)30-3/h6-11,13,20H,4-5,12,14H2,1-3H3. The first-order valence-electron chi connectivity index (χ1n) is 10.4. The Balaban J connectivity index is 1.51. The van der Waals surface area contributed by atoms with E-state index in [9.17, 15) is 9.18 Å². The molecule has 8 heteroatoms. The minimum atomic E-state index is -0.316. The average Bonchev–Trinajstić information content (AvgIpc) is 3.44. The van der Waals surface area contributed by atoms with Gasteiger partial charge in [0.05, 0.1) is 26.0 Å². The van der Waals surface area contributed by atoms with E-state index >= 15 is 0 Å². The number of amides is 1. The van der Waals surface area contributed by atoms with E-state index in [1.54, 1.807) is 26.4 Å². The lowest BCUT2D eigenvalue weighted by Gasteiger charge is -2.26. The molecular weight excluding hydrogens is 431 g/mol. The first kappa shape index (κ1) is 22.1. The fourth-order valence-electron chi connectivity index (χ4n) is 3.95. The Labute approximate surface area is 190 Å². The molecule has 3 aromatic rings. The Morgan fingerprint density at radius 3 is 2.62 bits per heavy atom. The number of aryl methyl sites for hydroxylation is 1. The lowest BCUT2D eigenvalue weighted by molar-refractivity contribution is 0.0738. The van der Waals surface area contributed by atoms with Crippen molar-refractivity contribution in [2.24, 2.45) is 0 Å². The molecule has 0 N–H and O–H groups in total. The van der Waals surface area contributed by atoms with Gasteiger partial charge in [0.15, 0.2) is 0 Å². The Kier molecular flexibility index (Phi) is 6.60. The van der Waals surface area contributed by atoms with Crippen LogP contribution in [0.1, 0.15) is 44.8 Å². The number of rotatable bonds is 7. The highest BCUT2D eigenvalue weighted by Crippen LogP contribution is 2.40. The fourth-order valence-corrected chi connectivity index (χ4v) is 4.88. The number of aromatic nitrogens is 1. The van der Waals surface area contributed by atoms with Crippen LogP contribution in [-0.4, -0.2) is 36.6 Å². The van der Waals surface area contributed by atoms with Gasteiger partial charge in [0.25, 0.3) is 5.91 Å². The van der Waals surface area contributed by atoms with Crippen molar-refractivity contribution in [3.8, 4) is 17.2 Å². The summed E-state index contributed by atoms with van der Waals surface area (Å²) in [5.41, 5.74) is 1.66. The summed E-state index contributed by atoms with van der Waals surface area (Å²) in [4.78, 5) is 20.5. The van der Waals surface area contributed by atoms with Crippen LogP contribution in [0.2, 0.25) is 0 Å². The molecule has 0 saturated carbocycles. The molecule has 1 aliphatic rings. The van der Waals surface area contributed by atoms with Gasteiger partial charge in [-0.05, 0) is 56.2 Å². The van der Waals surface area contributed by atoms with E-state index in [0.29, 0.717) is 39.4 Å². The van der Waals surface area contributed by atoms with Gasteiger partial charge < -0.3 is 19.1 Å². The molecule has 2 aromatic carbocycles. The van der Waals surface area contributed by atoms with E-state index in [1.165, 1.54) is 23.5 Å². The predicted octanol–water partition coefficient (Wildman–Crippen LogP) is 5.16. The van der Waals surface area contributed by atoms with Gasteiger partial charge in [0, 0.05) is 18.2 Å². The van der Waals surface area contributed by atoms with E-state index in [2.05, 4.69) is 4.98 Å². The number of hydrogen-bond acceptors (Lipinski definition) is 6. The molecule has 32 heavy (non-hydrogen) atoms. The molecule has 1 aliphatic heterocycles. The number of halogens is 1. The summed E-state index contributed by atoms with van der Waals surface area (Å²) in [5.74, 6) is 1.63. The number of nitrogens with zero attached hydrogens (tertiary/aromatic N) is 2. The van der Waals surface area contributed by atoms with E-state index < -0.39 is 0 Å². The molecule has 1 fully saturated rings. The van der Waals surface area contributed by atoms with Gasteiger partial charge in [0.2, 0.25) is 0 Å². The second-order valence-corrected chi connectivity index (χ2v) is 8.61. The zero-order chi connectivity index (χ0) is 22.7. The van der Waals surface area contributed by atoms with E-state index in [1.807, 2.05) is 30.0 Å². The normalized spacial score (nSPS) is 15.6. The third kappa shape index (κ3) is 4.55. The highest BCUT2D eigenvalue weighted by Gasteiger charge is 2.34. The molecule has 1 aromatic heterocycles. The van der Waals surface area contributed by atoms with Crippen molar-refractivity contribution in [1.82, 2.24) is 9.88 Å². The maximum atomic E-state index is 13.4. The van der Waals surface area contributed by atoms with Crippen molar-refractivity contribution in [2.45, 2.75) is 32.4 Å². The van der Waals surface area contributed by atoms with Crippen LogP contribution < -0.4 is 14.2 Å². The Morgan fingerprint density at radius 1 is 1.16 bits per heavy atom. The van der Waals surface area contributed by atoms with Crippen LogP contribution >= 0.6 is 11.3 Å². The zero-order valence-electron chi connectivity index (χ0n) is 18.3. The second kappa shape index (κ2) is 9.56. The topological polar surface area (TPSA) is 60.9 Å². The molecular formula is C24H25FN2O4S. The highest BCUT2D eigenvalue weighted by molar-refractivity contribution is 7.13. The first-order chi connectivity index (χ1) is 15.5. The maximum absolute atomic E-state index is 13.4. The number of benzene rings is 2. The smallest absolute Gasteiger partial charge is 0.266 e. The van der Waals surface area contributed by atoms with Gasteiger partial charge in [-0.2, -0.15) is 0 Å². The summed E-state index contributed by atoms with van der Waals surface area (Å²) in [7, 11) is 3.24. The third-order valence-corrected chi connectivity index (χ3v) is 6.64. The molecule has 0 aliphatic carbocycles. The van der Waals surface area contributed by atoms with Crippen molar-refractivity contribution in [1.29, 1.82) is 0 Å². The summed E-state index contributed by atoms with van der Waals surface area (Å²) in [6.07, 6.45) is 1.79. The van der Waals surface area contributed by atoms with Crippen molar-refractivity contribution >= 4 is 17.2 Å². The molecule has 168 valence electrons. The Bertz CT molecular complexity index is 1100. The van der Waals surface area contributed by atoms with Crippen molar-refractivity contribution in [3.05, 3.63) is 69.4 Å². The maximum Gasteiger partial charge on any atom is 0.266 e. The van der Waals surface area contributed by atoms with Crippen LogP contribution in [0.15, 0.2) is 42.5 Å². The van der Waals surface area contributed by atoms with Crippen molar-refractivity contribution < 1.29 is 23.4 Å². The third-order valence-electron chi connectivity index (χ3n) is 5.52. The van der Waals surface area contributed by atoms with E-state index in [4.69, 9.17) is 14.2 Å². The quantitative estimate of drug-likeness (QED) is 0.491. The SMILES string of the molecule is COc1ccc(C2CCCN2C(=O)c2sc(COc3ccc(F)cc3)nc2C)c(OC)c1. The van der Waals surface area contributed by atoms with E-state index in [-0.39, 0.29) is 24.4 Å². The minimum Gasteiger partial charge on any atom is -0.497 e. The average molecular weight is 457 g/mol. The summed E-state index contributed by atoms with van der Waals surface area (Å²) in [6, 6.07) is 11.5. The number of ether oxygens (including phenoxy) is 3. The Hall–Kier alpha value is -3.13. The molecule has 0 spiro atoms. The van der Waals surface area contributed by atoms with Gasteiger partial charge in [0.1, 0.15) is 39.6 Å². The van der Waals surface area contributed by atoms with Crippen LogP contribution in [-0.2, 0) is 6.61 Å². The number of hydrogen-bond donors (Lipinski definition) is 0. The molecule has 0 bridgehead atoms. The molecule has 2 heterocycles. The molecule has 4 rings (SSSR count). The molecule has 1 unspecified atom stereocenters. The number of carbonyl (C=O) groups excluding carboxylic acids is 1. The molecule has 0 radical (unpaired) electrons. The van der Waals surface area contributed by atoms with Crippen LogP contribution in [0.3, 0.4) is 0 Å². The first-order valence-corrected chi connectivity index (χ1v) is 11.2. The number of carbonyl (C=O) groups is 1. The van der Waals surface area contributed by atoms with Crippen LogP contribution in [0.4, 0.5) is 4.39 Å².